The van der Waals surface area contributed by atoms with E-state index in [9.17, 15) is 5.11 Å². The third-order valence-corrected chi connectivity index (χ3v) is 5.53. The first-order valence-electron chi connectivity index (χ1n) is 8.36. The zero-order valence-corrected chi connectivity index (χ0v) is 13.6. The number of hydrogen-bond donors (Lipinski definition) is 1. The molecule has 3 rings (SSSR count). The van der Waals surface area contributed by atoms with Crippen LogP contribution in [0.2, 0.25) is 0 Å². The quantitative estimate of drug-likeness (QED) is 0.738. The van der Waals surface area contributed by atoms with Gasteiger partial charge in [-0.1, -0.05) is 39.0 Å². The lowest BCUT2D eigenvalue weighted by atomic mass is 9.76. The first-order chi connectivity index (χ1) is 9.90. The second-order valence-electron chi connectivity index (χ2n) is 8.04. The standard InChI is InChI=1S/C19H28O2/c1-18(2,3)14-7-6-11-19(12-10-14)13-16(20)15-8-4-5-9-17(15)21-19/h4-5,8-9,14,16,20H,6-7,10-13H2,1-3H3/t14?,16-,19?/m0/s1. The third-order valence-electron chi connectivity index (χ3n) is 5.53. The van der Waals surface area contributed by atoms with Gasteiger partial charge < -0.3 is 9.84 Å². The Hall–Kier alpha value is -1.02. The van der Waals surface area contributed by atoms with Crippen molar-refractivity contribution in [1.82, 2.24) is 0 Å². The molecule has 0 saturated heterocycles. The minimum Gasteiger partial charge on any atom is -0.487 e. The highest BCUT2D eigenvalue weighted by molar-refractivity contribution is 5.38. The van der Waals surface area contributed by atoms with Crippen molar-refractivity contribution in [3.05, 3.63) is 29.8 Å². The van der Waals surface area contributed by atoms with E-state index in [4.69, 9.17) is 4.74 Å². The van der Waals surface area contributed by atoms with Crippen molar-refractivity contribution in [2.24, 2.45) is 11.3 Å². The fraction of sp³-hybridized carbons (Fsp3) is 0.684. The van der Waals surface area contributed by atoms with Crippen LogP contribution in [-0.2, 0) is 0 Å². The van der Waals surface area contributed by atoms with Crippen molar-refractivity contribution in [2.45, 2.75) is 71.0 Å². The molecule has 0 radical (unpaired) electrons. The minimum absolute atomic E-state index is 0.145. The maximum absolute atomic E-state index is 10.5. The van der Waals surface area contributed by atoms with E-state index in [-0.39, 0.29) is 11.7 Å². The lowest BCUT2D eigenvalue weighted by Gasteiger charge is -2.41. The molecule has 2 heteroatoms. The highest BCUT2D eigenvalue weighted by atomic mass is 16.5. The number of fused-ring (bicyclic) bond motifs is 1. The number of aliphatic hydroxyl groups excluding tert-OH is 1. The molecule has 21 heavy (non-hydrogen) atoms. The van der Waals surface area contributed by atoms with Crippen LogP contribution in [0, 0.1) is 11.3 Å². The van der Waals surface area contributed by atoms with Crippen LogP contribution in [0.25, 0.3) is 0 Å². The molecular weight excluding hydrogens is 260 g/mol. The van der Waals surface area contributed by atoms with E-state index in [1.807, 2.05) is 24.3 Å². The normalized spacial score (nSPS) is 33.1. The van der Waals surface area contributed by atoms with Gasteiger partial charge in [-0.2, -0.15) is 0 Å². The molecule has 2 unspecified atom stereocenters. The van der Waals surface area contributed by atoms with Crippen molar-refractivity contribution >= 4 is 0 Å². The van der Waals surface area contributed by atoms with Crippen LogP contribution in [-0.4, -0.2) is 10.7 Å². The molecule has 1 N–H and O–H groups in total. The lowest BCUT2D eigenvalue weighted by molar-refractivity contribution is -0.0259. The predicted octanol–water partition coefficient (Wildman–Crippen LogP) is 4.87. The fourth-order valence-electron chi connectivity index (χ4n) is 4.14. The zero-order valence-electron chi connectivity index (χ0n) is 13.6. The monoisotopic (exact) mass is 288 g/mol. The summed E-state index contributed by atoms with van der Waals surface area (Å²) in [6, 6.07) is 7.97. The van der Waals surface area contributed by atoms with Gasteiger partial charge in [-0.3, -0.25) is 0 Å². The Morgan fingerprint density at radius 1 is 1.14 bits per heavy atom. The van der Waals surface area contributed by atoms with Gasteiger partial charge in [0, 0.05) is 12.0 Å². The smallest absolute Gasteiger partial charge is 0.125 e. The van der Waals surface area contributed by atoms with Gasteiger partial charge in [0.25, 0.3) is 0 Å². The molecule has 0 amide bonds. The molecule has 1 aliphatic carbocycles. The Labute approximate surface area is 128 Å². The molecule has 1 aromatic carbocycles. The van der Waals surface area contributed by atoms with Crippen LogP contribution in [0.3, 0.4) is 0 Å². The average Bonchev–Trinajstić information content (AvgIpc) is 2.61. The van der Waals surface area contributed by atoms with Crippen LogP contribution in [0.15, 0.2) is 24.3 Å². The molecule has 116 valence electrons. The molecule has 1 heterocycles. The van der Waals surface area contributed by atoms with E-state index in [0.717, 1.165) is 36.5 Å². The fourth-order valence-corrected chi connectivity index (χ4v) is 4.14. The summed E-state index contributed by atoms with van der Waals surface area (Å²) in [6.45, 7) is 7.05. The second kappa shape index (κ2) is 5.31. The Kier molecular flexibility index (Phi) is 3.77. The highest BCUT2D eigenvalue weighted by Gasteiger charge is 2.42. The number of benzene rings is 1. The number of hydrogen-bond acceptors (Lipinski definition) is 2. The van der Waals surface area contributed by atoms with Crippen LogP contribution in [0.1, 0.15) is 71.0 Å². The lowest BCUT2D eigenvalue weighted by Crippen LogP contribution is -2.40. The number of para-hydroxylation sites is 1. The average molecular weight is 288 g/mol. The summed E-state index contributed by atoms with van der Waals surface area (Å²) >= 11 is 0. The molecule has 1 fully saturated rings. The Balaban J connectivity index is 1.81. The molecule has 3 atom stereocenters. The van der Waals surface area contributed by atoms with E-state index in [2.05, 4.69) is 20.8 Å². The topological polar surface area (TPSA) is 29.5 Å². The summed E-state index contributed by atoms with van der Waals surface area (Å²) in [7, 11) is 0. The molecule has 0 aromatic heterocycles. The van der Waals surface area contributed by atoms with Gasteiger partial charge in [0.15, 0.2) is 0 Å². The van der Waals surface area contributed by atoms with E-state index < -0.39 is 0 Å². The third kappa shape index (κ3) is 2.96. The zero-order chi connectivity index (χ0) is 15.1. The first-order valence-corrected chi connectivity index (χ1v) is 8.36. The van der Waals surface area contributed by atoms with Crippen LogP contribution >= 0.6 is 0 Å². The van der Waals surface area contributed by atoms with Crippen LogP contribution in [0.4, 0.5) is 0 Å². The molecule has 1 aliphatic heterocycles. The summed E-state index contributed by atoms with van der Waals surface area (Å²) in [5.74, 6) is 1.65. The maximum Gasteiger partial charge on any atom is 0.125 e. The number of aliphatic hydroxyl groups is 1. The molecule has 0 bridgehead atoms. The Bertz CT molecular complexity index is 503. The van der Waals surface area contributed by atoms with E-state index in [1.165, 1.54) is 19.3 Å². The van der Waals surface area contributed by atoms with Gasteiger partial charge in [0.2, 0.25) is 0 Å². The van der Waals surface area contributed by atoms with E-state index in [1.54, 1.807) is 0 Å². The van der Waals surface area contributed by atoms with Gasteiger partial charge >= 0.3 is 0 Å². The minimum atomic E-state index is -0.374. The molecule has 2 nitrogen and oxygen atoms in total. The van der Waals surface area contributed by atoms with Crippen molar-refractivity contribution in [3.63, 3.8) is 0 Å². The highest BCUT2D eigenvalue weighted by Crippen LogP contribution is 2.48. The molecule has 1 spiro atoms. The number of rotatable bonds is 0. The van der Waals surface area contributed by atoms with Crippen LogP contribution < -0.4 is 4.74 Å². The first kappa shape index (κ1) is 14.9. The summed E-state index contributed by atoms with van der Waals surface area (Å²) in [4.78, 5) is 0. The van der Waals surface area contributed by atoms with Crippen molar-refractivity contribution in [2.75, 3.05) is 0 Å². The number of ether oxygens (including phenoxy) is 1. The van der Waals surface area contributed by atoms with Crippen molar-refractivity contribution in [3.8, 4) is 5.75 Å². The maximum atomic E-state index is 10.5. The summed E-state index contributed by atoms with van der Waals surface area (Å²) < 4.78 is 6.41. The largest absolute Gasteiger partial charge is 0.487 e. The Morgan fingerprint density at radius 3 is 2.67 bits per heavy atom. The molecular formula is C19H28O2. The van der Waals surface area contributed by atoms with Gasteiger partial charge in [0.05, 0.1) is 6.10 Å². The molecule has 1 saturated carbocycles. The van der Waals surface area contributed by atoms with E-state index in [0.29, 0.717) is 5.41 Å². The molecule has 2 aliphatic rings. The second-order valence-corrected chi connectivity index (χ2v) is 8.04. The van der Waals surface area contributed by atoms with Gasteiger partial charge in [-0.25, -0.2) is 0 Å². The molecule has 1 aromatic rings. The van der Waals surface area contributed by atoms with Gasteiger partial charge in [-0.05, 0) is 49.5 Å². The predicted molar refractivity (Wildman–Crippen MR) is 85.4 cm³/mol. The van der Waals surface area contributed by atoms with Crippen LogP contribution in [0.5, 0.6) is 5.75 Å². The SMILES string of the molecule is CC(C)(C)C1CCCC2(CC1)C[C@H](O)c1ccccc1O2. The Morgan fingerprint density at radius 2 is 1.90 bits per heavy atom. The van der Waals surface area contributed by atoms with Gasteiger partial charge in [0.1, 0.15) is 11.4 Å². The van der Waals surface area contributed by atoms with Gasteiger partial charge in [-0.15, -0.1) is 0 Å². The summed E-state index contributed by atoms with van der Waals surface area (Å²) in [6.07, 6.45) is 6.22. The van der Waals surface area contributed by atoms with Crippen molar-refractivity contribution < 1.29 is 9.84 Å². The van der Waals surface area contributed by atoms with Crippen molar-refractivity contribution in [1.29, 1.82) is 0 Å². The summed E-state index contributed by atoms with van der Waals surface area (Å²) in [5, 5.41) is 10.5. The van der Waals surface area contributed by atoms with E-state index >= 15 is 0 Å². The summed E-state index contributed by atoms with van der Waals surface area (Å²) in [5.41, 5.74) is 1.18.